The van der Waals surface area contributed by atoms with Crippen molar-refractivity contribution in [1.82, 2.24) is 0 Å². The molecule has 22 heavy (non-hydrogen) atoms. The summed E-state index contributed by atoms with van der Waals surface area (Å²) in [4.78, 5) is 14.2. The molecule has 0 heterocycles. The molecule has 2 aromatic carbocycles. The molecule has 4 heteroatoms. The fraction of sp³-hybridized carbons (Fsp3) is 0.278. The van der Waals surface area contributed by atoms with Gasteiger partial charge in [-0.25, -0.2) is 0 Å². The zero-order valence-corrected chi connectivity index (χ0v) is 12.9. The number of quaternary nitrogens is 3. The van der Waals surface area contributed by atoms with Crippen molar-refractivity contribution in [2.24, 2.45) is 0 Å². The third-order valence-corrected chi connectivity index (χ3v) is 4.30. The molecule has 114 valence electrons. The first-order valence-electron chi connectivity index (χ1n) is 7.93. The van der Waals surface area contributed by atoms with Gasteiger partial charge in [0.25, 0.3) is 0 Å². The van der Waals surface area contributed by atoms with Crippen LogP contribution in [0.2, 0.25) is 0 Å². The van der Waals surface area contributed by atoms with Crippen molar-refractivity contribution in [2.75, 3.05) is 32.7 Å². The summed E-state index contributed by atoms with van der Waals surface area (Å²) in [6.07, 6.45) is 2.07. The maximum atomic E-state index is 12.8. The van der Waals surface area contributed by atoms with Gasteiger partial charge >= 0.3 is 0 Å². The Morgan fingerprint density at radius 2 is 1.64 bits per heavy atom. The van der Waals surface area contributed by atoms with Gasteiger partial charge in [0.05, 0.1) is 5.57 Å². The van der Waals surface area contributed by atoms with E-state index < -0.39 is 0 Å². The van der Waals surface area contributed by atoms with Crippen molar-refractivity contribution in [3.05, 3.63) is 53.1 Å². The molecule has 0 fully saturated rings. The summed E-state index contributed by atoms with van der Waals surface area (Å²) in [5, 5.41) is 2.23. The van der Waals surface area contributed by atoms with Gasteiger partial charge in [-0.1, -0.05) is 36.4 Å². The lowest BCUT2D eigenvalue weighted by Crippen LogP contribution is -3.15. The molecule has 0 radical (unpaired) electrons. The lowest BCUT2D eigenvalue weighted by molar-refractivity contribution is -0.905. The number of carbonyl (C=O) groups is 1. The first kappa shape index (κ1) is 14.9. The first-order valence-corrected chi connectivity index (χ1v) is 7.93. The number of rotatable bonds is 6. The monoisotopic (exact) mass is 298 g/mol. The number of hydrogen-bond acceptors (Lipinski definition) is 1. The van der Waals surface area contributed by atoms with Crippen LogP contribution in [-0.2, 0) is 0 Å². The fourth-order valence-corrected chi connectivity index (χ4v) is 3.31. The van der Waals surface area contributed by atoms with Crippen LogP contribution < -0.4 is 16.4 Å². The smallest absolute Gasteiger partial charge is 0.195 e. The molecule has 0 aliphatic heterocycles. The van der Waals surface area contributed by atoms with Crippen molar-refractivity contribution in [3.63, 3.8) is 0 Å². The van der Waals surface area contributed by atoms with Gasteiger partial charge in [0.2, 0.25) is 0 Å². The second-order valence-electron chi connectivity index (χ2n) is 5.88. The van der Waals surface area contributed by atoms with E-state index in [1.54, 1.807) is 0 Å². The SMILES string of the molecule is [NH3+]CC[NH+](CC[NH3+])CC1=Cc2cccc3cccc(c23)C1=O. The Kier molecular flexibility index (Phi) is 4.34. The predicted octanol–water partition coefficient (Wildman–Crippen LogP) is -1.21. The molecule has 1 aliphatic rings. The second kappa shape index (κ2) is 6.40. The van der Waals surface area contributed by atoms with E-state index in [0.29, 0.717) is 0 Å². The van der Waals surface area contributed by atoms with Gasteiger partial charge in [-0.05, 0) is 17.0 Å². The van der Waals surface area contributed by atoms with Crippen LogP contribution in [0.25, 0.3) is 16.8 Å². The normalized spacial score (nSPS) is 13.8. The van der Waals surface area contributed by atoms with E-state index >= 15 is 0 Å². The maximum absolute atomic E-state index is 12.8. The van der Waals surface area contributed by atoms with Crippen LogP contribution in [-0.4, -0.2) is 38.5 Å². The van der Waals surface area contributed by atoms with Crippen LogP contribution in [0.15, 0.2) is 42.0 Å². The minimum Gasteiger partial charge on any atom is -0.353 e. The highest BCUT2D eigenvalue weighted by Crippen LogP contribution is 2.30. The number of nitrogens with one attached hydrogen (secondary N) is 1. The number of carbonyl (C=O) groups excluding carboxylic acids is 1. The molecule has 3 rings (SSSR count). The summed E-state index contributed by atoms with van der Waals surface area (Å²) in [6, 6.07) is 12.2. The Morgan fingerprint density at radius 3 is 2.32 bits per heavy atom. The molecular weight excluding hydrogens is 274 g/mol. The van der Waals surface area contributed by atoms with Crippen LogP contribution in [0, 0.1) is 0 Å². The minimum atomic E-state index is 0.176. The van der Waals surface area contributed by atoms with Gasteiger partial charge in [0.1, 0.15) is 32.7 Å². The molecule has 1 aliphatic carbocycles. The molecule has 0 aromatic heterocycles. The molecule has 0 atom stereocenters. The van der Waals surface area contributed by atoms with E-state index in [1.165, 1.54) is 4.90 Å². The highest BCUT2D eigenvalue weighted by Gasteiger charge is 2.24. The topological polar surface area (TPSA) is 76.8 Å². The number of ketones is 1. The molecule has 0 bridgehead atoms. The molecule has 0 spiro atoms. The van der Waals surface area contributed by atoms with E-state index in [4.69, 9.17) is 0 Å². The largest absolute Gasteiger partial charge is 0.353 e. The average molecular weight is 298 g/mol. The molecule has 4 nitrogen and oxygen atoms in total. The summed E-state index contributed by atoms with van der Waals surface area (Å²) < 4.78 is 0. The van der Waals surface area contributed by atoms with Crippen molar-refractivity contribution >= 4 is 22.6 Å². The standard InChI is InChI=1S/C18H21N3O/c19-7-9-21(10-8-20)12-15-11-14-5-1-3-13-4-2-6-16(17(13)14)18(15)22/h1-6,11H,7-10,12,19-20H2/p+3. The Morgan fingerprint density at radius 1 is 0.955 bits per heavy atom. The zero-order valence-electron chi connectivity index (χ0n) is 12.9. The fourth-order valence-electron chi connectivity index (χ4n) is 3.31. The van der Waals surface area contributed by atoms with Crippen LogP contribution >= 0.6 is 0 Å². The number of Topliss-reactive ketones (excluding diaryl/α,β-unsaturated/α-hetero) is 1. The lowest BCUT2D eigenvalue weighted by atomic mass is 9.88. The molecule has 2 aromatic rings. The van der Waals surface area contributed by atoms with Gasteiger partial charge in [-0.3, -0.25) is 4.79 Å². The van der Waals surface area contributed by atoms with Crippen molar-refractivity contribution in [2.45, 2.75) is 0 Å². The van der Waals surface area contributed by atoms with Crippen molar-refractivity contribution in [1.29, 1.82) is 0 Å². The van der Waals surface area contributed by atoms with Crippen LogP contribution in [0.5, 0.6) is 0 Å². The van der Waals surface area contributed by atoms with Gasteiger partial charge in [0.15, 0.2) is 5.78 Å². The van der Waals surface area contributed by atoms with Gasteiger partial charge < -0.3 is 16.4 Å². The molecule has 7 N–H and O–H groups in total. The summed E-state index contributed by atoms with van der Waals surface area (Å²) in [5.41, 5.74) is 10.8. The summed E-state index contributed by atoms with van der Waals surface area (Å²) >= 11 is 0. The average Bonchev–Trinajstić information content (AvgIpc) is 2.53. The lowest BCUT2D eigenvalue weighted by Gasteiger charge is -2.21. The zero-order chi connectivity index (χ0) is 15.5. The Balaban J connectivity index is 1.99. The van der Waals surface area contributed by atoms with E-state index in [1.807, 2.05) is 12.1 Å². The first-order chi connectivity index (χ1) is 10.7. The Hall–Kier alpha value is -2.01. The molecule has 0 amide bonds. The molecule has 0 unspecified atom stereocenters. The van der Waals surface area contributed by atoms with E-state index in [-0.39, 0.29) is 5.78 Å². The minimum absolute atomic E-state index is 0.176. The molecular formula is C18H24N3O+3. The summed E-state index contributed by atoms with van der Waals surface area (Å²) in [6.45, 7) is 4.47. The summed E-state index contributed by atoms with van der Waals surface area (Å²) in [7, 11) is 0. The maximum Gasteiger partial charge on any atom is 0.195 e. The second-order valence-corrected chi connectivity index (χ2v) is 5.88. The van der Waals surface area contributed by atoms with Crippen molar-refractivity contribution < 1.29 is 21.2 Å². The summed E-state index contributed by atoms with van der Waals surface area (Å²) in [5.74, 6) is 0.176. The molecule has 0 saturated heterocycles. The Bertz CT molecular complexity index is 725. The van der Waals surface area contributed by atoms with Crippen molar-refractivity contribution in [3.8, 4) is 0 Å². The van der Waals surface area contributed by atoms with E-state index in [9.17, 15) is 4.79 Å². The highest BCUT2D eigenvalue weighted by atomic mass is 16.1. The number of benzene rings is 2. The number of hydrogen-bond donors (Lipinski definition) is 3. The van der Waals surface area contributed by atoms with E-state index in [2.05, 4.69) is 41.8 Å². The van der Waals surface area contributed by atoms with Crippen LogP contribution in [0.1, 0.15) is 15.9 Å². The molecule has 0 saturated carbocycles. The van der Waals surface area contributed by atoms with Gasteiger partial charge in [-0.15, -0.1) is 0 Å². The Labute approximate surface area is 130 Å². The van der Waals surface area contributed by atoms with Gasteiger partial charge in [0, 0.05) is 10.9 Å². The third-order valence-electron chi connectivity index (χ3n) is 4.30. The predicted molar refractivity (Wildman–Crippen MR) is 87.3 cm³/mol. The quantitative estimate of drug-likeness (QED) is 0.615. The van der Waals surface area contributed by atoms with Crippen LogP contribution in [0.4, 0.5) is 0 Å². The van der Waals surface area contributed by atoms with Gasteiger partial charge in [-0.2, -0.15) is 0 Å². The van der Waals surface area contributed by atoms with E-state index in [0.717, 1.165) is 60.2 Å². The third kappa shape index (κ3) is 2.68. The van der Waals surface area contributed by atoms with Crippen LogP contribution in [0.3, 0.4) is 0 Å². The highest BCUT2D eigenvalue weighted by molar-refractivity contribution is 6.22.